The number of hydrogen-bond acceptors (Lipinski definition) is 13. The molecule has 0 radical (unpaired) electrons. The summed E-state index contributed by atoms with van der Waals surface area (Å²) in [5, 5.41) is 16.5. The van der Waals surface area contributed by atoms with Gasteiger partial charge in [0.15, 0.2) is 0 Å². The Kier molecular flexibility index (Phi) is 37.1. The van der Waals surface area contributed by atoms with E-state index in [-0.39, 0.29) is 49.4 Å². The number of aldehydes is 1. The van der Waals surface area contributed by atoms with Crippen LogP contribution in [0, 0.1) is 0 Å². The Morgan fingerprint density at radius 3 is 1.16 bits per heavy atom. The second-order valence-electron chi connectivity index (χ2n) is 8.83. The van der Waals surface area contributed by atoms with Gasteiger partial charge in [0.1, 0.15) is 52.7 Å². The van der Waals surface area contributed by atoms with Crippen LogP contribution in [0.5, 0.6) is 0 Å². The van der Waals surface area contributed by atoms with Crippen LogP contribution in [0.15, 0.2) is 0 Å². The van der Waals surface area contributed by atoms with Gasteiger partial charge >= 0.3 is 29.6 Å². The molecule has 21 heteroatoms. The molecule has 0 amide bonds. The molecule has 17 nitrogen and oxygen atoms in total. The first kappa shape index (κ1) is 52.0. The Morgan fingerprint density at radius 2 is 1.08 bits per heavy atom. The molecule has 0 saturated carbocycles. The zero-order valence-electron chi connectivity index (χ0n) is 23.6. The standard InChI is InChI=1S/2C5H14NO4P.C4H10O2.C3H6O.IO4.Na/c2*1-6(2,3)4-5-10-11(7,8)9;1-2-4(6)3-5;1-2-3-4;2-1(3,4)5;/h2*4-5H2,1-3H3,(H-,7,8,9);4-6H,2-3H2,1H3;3H,2H2,1H3;;/q;;;;-1;+1. The molecule has 4 N–H and O–H groups in total. The van der Waals surface area contributed by atoms with Crippen molar-refractivity contribution in [3.05, 3.63) is 0 Å². The number of carbonyl (C=O) groups is 1. The molecule has 0 aliphatic rings. The molecule has 3 unspecified atom stereocenters. The number of quaternary nitrogens is 2. The summed E-state index contributed by atoms with van der Waals surface area (Å²) < 4.78 is 64.1. The van der Waals surface area contributed by atoms with Gasteiger partial charge in [0.25, 0.3) is 15.6 Å². The Hall–Kier alpha value is 1.30. The maximum atomic E-state index is 10.1. The summed E-state index contributed by atoms with van der Waals surface area (Å²) in [4.78, 5) is 45.7. The van der Waals surface area contributed by atoms with Crippen molar-refractivity contribution in [3.63, 3.8) is 0 Å². The fourth-order valence-electron chi connectivity index (χ4n) is 0.989. The molecule has 0 aromatic carbocycles. The molecule has 0 aliphatic heterocycles. The number of nitrogens with zero attached hydrogens (tertiary/aromatic N) is 2. The van der Waals surface area contributed by atoms with Crippen LogP contribution in [-0.2, 0) is 23.0 Å². The van der Waals surface area contributed by atoms with E-state index in [4.69, 9.17) is 33.7 Å². The van der Waals surface area contributed by atoms with Crippen molar-refractivity contribution in [1.29, 1.82) is 0 Å². The van der Waals surface area contributed by atoms with E-state index in [0.717, 1.165) is 6.29 Å². The molecular weight excluding hydrogens is 684 g/mol. The molecule has 0 aliphatic carbocycles. The van der Waals surface area contributed by atoms with Gasteiger partial charge in [-0.05, 0) is 6.42 Å². The number of aliphatic hydroxyl groups excluding tert-OH is 2. The van der Waals surface area contributed by atoms with E-state index in [0.29, 0.717) is 34.9 Å². The van der Waals surface area contributed by atoms with E-state index in [1.165, 1.54) is 0 Å². The van der Waals surface area contributed by atoms with Crippen molar-refractivity contribution in [1.82, 2.24) is 0 Å². The second kappa shape index (κ2) is 27.2. The minimum absolute atomic E-state index is 0. The van der Waals surface area contributed by atoms with E-state index in [1.54, 1.807) is 0 Å². The average molecular weight is 728 g/mol. The fourth-order valence-corrected chi connectivity index (χ4v) is 1.61. The number of rotatable bonds is 11. The van der Waals surface area contributed by atoms with Crippen LogP contribution < -0.4 is 73.2 Å². The van der Waals surface area contributed by atoms with Gasteiger partial charge in [0, 0.05) is 6.42 Å². The Balaban J connectivity index is -0.0000000885. The van der Waals surface area contributed by atoms with Crippen LogP contribution >= 0.6 is 15.6 Å². The van der Waals surface area contributed by atoms with E-state index in [2.05, 4.69) is 9.05 Å². The summed E-state index contributed by atoms with van der Waals surface area (Å²) in [7, 11) is 2.37. The minimum atomic E-state index is -5.94. The van der Waals surface area contributed by atoms with Gasteiger partial charge in [-0.15, -0.1) is 0 Å². The quantitative estimate of drug-likeness (QED) is 0.0505. The number of carbonyl (C=O) groups excluding carboxylic acids is 1. The molecule has 0 heterocycles. The predicted molar refractivity (Wildman–Crippen MR) is 117 cm³/mol. The molecule has 38 heavy (non-hydrogen) atoms. The molecule has 0 fully saturated rings. The number of halogens is 1. The normalized spacial score (nSPS) is 14.9. The van der Waals surface area contributed by atoms with Crippen LogP contribution in [-0.4, -0.2) is 117 Å². The molecule has 0 bridgehead atoms. The minimum Gasteiger partial charge on any atom is -0.756 e. The molecular formula is C17H44IN2NaO15P2. The summed E-state index contributed by atoms with van der Waals surface area (Å²) in [5.41, 5.74) is 0. The van der Waals surface area contributed by atoms with Crippen LogP contribution in [0.4, 0.5) is 0 Å². The number of hydrogen-bond donors (Lipinski definition) is 4. The number of aliphatic hydroxyl groups is 2. The predicted octanol–water partition coefficient (Wildman–Crippen LogP) is -12.1. The molecule has 0 aromatic rings. The van der Waals surface area contributed by atoms with Crippen molar-refractivity contribution in [2.24, 2.45) is 0 Å². The molecule has 0 rings (SSSR count). The van der Waals surface area contributed by atoms with Gasteiger partial charge in [0.05, 0.1) is 55.0 Å². The van der Waals surface area contributed by atoms with Gasteiger partial charge in [-0.25, -0.2) is 0 Å². The van der Waals surface area contributed by atoms with Crippen LogP contribution in [0.3, 0.4) is 0 Å². The largest absolute Gasteiger partial charge is 1.00 e. The third-order valence-corrected chi connectivity index (χ3v) is 3.90. The van der Waals surface area contributed by atoms with Gasteiger partial charge in [-0.2, -0.15) is 0 Å². The van der Waals surface area contributed by atoms with Gasteiger partial charge < -0.3 is 52.6 Å². The first-order valence-corrected chi connectivity index (χ1v) is 17.0. The van der Waals surface area contributed by atoms with Crippen molar-refractivity contribution >= 4 is 21.9 Å². The molecule has 0 aromatic heterocycles. The smallest absolute Gasteiger partial charge is 0.756 e. The maximum absolute atomic E-state index is 10.1. The first-order chi connectivity index (χ1) is 16.1. The molecule has 0 spiro atoms. The summed E-state index contributed by atoms with van der Waals surface area (Å²) in [5.74, 6) is 0. The van der Waals surface area contributed by atoms with E-state index in [1.807, 2.05) is 56.1 Å². The number of likely N-dealkylation sites (N-methyl/N-ethyl adjacent to an activating group) is 2. The summed E-state index contributed by atoms with van der Waals surface area (Å²) in [6.07, 6.45) is 1.64. The Bertz CT molecular complexity index is 572. The SMILES string of the molecule is CCC(O)CO.CCC=O.C[N+](C)(C)CCOP(=O)([O-])O.C[N+](C)(C)CCOP(=O)([O-])O.[Na+].[O-][I+3]([O-])([O-])[O-]. The van der Waals surface area contributed by atoms with Crippen LogP contribution in [0.1, 0.15) is 26.7 Å². The monoisotopic (exact) mass is 728 g/mol. The van der Waals surface area contributed by atoms with E-state index >= 15 is 0 Å². The van der Waals surface area contributed by atoms with Crippen molar-refractivity contribution in [3.8, 4) is 0 Å². The zero-order chi connectivity index (χ0) is 31.1. The van der Waals surface area contributed by atoms with Crippen LogP contribution in [0.25, 0.3) is 0 Å². The van der Waals surface area contributed by atoms with E-state index < -0.39 is 41.8 Å². The number of phosphoric ester groups is 2. The van der Waals surface area contributed by atoms with Gasteiger partial charge in [-0.3, -0.25) is 22.9 Å². The second-order valence-corrected chi connectivity index (χ2v) is 13.4. The Morgan fingerprint density at radius 1 is 0.842 bits per heavy atom. The molecule has 230 valence electrons. The summed E-state index contributed by atoms with van der Waals surface area (Å²) in [6, 6.07) is 0. The average Bonchev–Trinajstić information content (AvgIpc) is 2.63. The third kappa shape index (κ3) is 98.8. The van der Waals surface area contributed by atoms with Crippen LogP contribution in [0.2, 0.25) is 0 Å². The maximum Gasteiger partial charge on any atom is 1.00 e. The van der Waals surface area contributed by atoms with Gasteiger partial charge in [0.2, 0.25) is 0 Å². The third-order valence-electron chi connectivity index (χ3n) is 2.88. The zero-order valence-corrected chi connectivity index (χ0v) is 29.5. The van der Waals surface area contributed by atoms with Crippen molar-refractivity contribution < 1.29 is 125 Å². The fraction of sp³-hybridized carbons (Fsp3) is 0.941. The topological polar surface area (TPSA) is 289 Å². The van der Waals surface area contributed by atoms with Crippen molar-refractivity contribution in [2.45, 2.75) is 32.8 Å². The summed E-state index contributed by atoms with van der Waals surface area (Å²) in [6.45, 7) is 4.62. The molecule has 0 saturated heterocycles. The van der Waals surface area contributed by atoms with E-state index in [9.17, 15) is 23.7 Å². The Labute approximate surface area is 253 Å². The summed E-state index contributed by atoms with van der Waals surface area (Å²) >= 11 is -5.94. The number of phosphoric acid groups is 2. The van der Waals surface area contributed by atoms with Crippen molar-refractivity contribution in [2.75, 3.05) is 75.2 Å². The first-order valence-electron chi connectivity index (χ1n) is 10.5. The molecule has 3 atom stereocenters. The van der Waals surface area contributed by atoms with Gasteiger partial charge in [-0.1, -0.05) is 13.8 Å².